The molecule has 0 radical (unpaired) electrons. The van der Waals surface area contributed by atoms with Crippen LogP contribution in [0, 0.1) is 0 Å². The SMILES string of the molecule is CCC(=O)NC1CCN(c2cncc(-c3nnc(-c4ccc(CNC)cc4)o3)n2)CC1. The first-order valence-electron chi connectivity index (χ1n) is 10.6. The van der Waals surface area contributed by atoms with Crippen LogP contribution in [0.15, 0.2) is 41.1 Å². The largest absolute Gasteiger partial charge is 0.415 e. The van der Waals surface area contributed by atoms with Crippen LogP contribution in [0.3, 0.4) is 0 Å². The van der Waals surface area contributed by atoms with Gasteiger partial charge in [0.05, 0.1) is 12.4 Å². The van der Waals surface area contributed by atoms with E-state index in [1.807, 2.05) is 38.2 Å². The molecule has 1 aliphatic heterocycles. The Morgan fingerprint density at radius 3 is 2.58 bits per heavy atom. The van der Waals surface area contributed by atoms with E-state index in [9.17, 15) is 4.79 Å². The average Bonchev–Trinajstić information content (AvgIpc) is 3.31. The van der Waals surface area contributed by atoms with Crippen LogP contribution in [0.5, 0.6) is 0 Å². The van der Waals surface area contributed by atoms with Crippen LogP contribution in [0.25, 0.3) is 23.0 Å². The van der Waals surface area contributed by atoms with Gasteiger partial charge in [0.15, 0.2) is 0 Å². The molecule has 1 aromatic carbocycles. The van der Waals surface area contributed by atoms with E-state index in [0.29, 0.717) is 23.9 Å². The van der Waals surface area contributed by atoms with Gasteiger partial charge in [-0.15, -0.1) is 10.2 Å². The Bertz CT molecular complexity index is 1010. The third-order valence-electron chi connectivity index (χ3n) is 5.35. The van der Waals surface area contributed by atoms with E-state index in [0.717, 1.165) is 43.9 Å². The van der Waals surface area contributed by atoms with E-state index in [-0.39, 0.29) is 11.9 Å². The van der Waals surface area contributed by atoms with Crippen molar-refractivity contribution >= 4 is 11.7 Å². The van der Waals surface area contributed by atoms with E-state index >= 15 is 0 Å². The first-order valence-corrected chi connectivity index (χ1v) is 10.6. The molecule has 0 spiro atoms. The molecule has 3 heterocycles. The number of hydrogen-bond donors (Lipinski definition) is 2. The number of nitrogens with one attached hydrogen (secondary N) is 2. The minimum atomic E-state index is 0.101. The second kappa shape index (κ2) is 9.65. The number of amides is 1. The molecule has 0 aliphatic carbocycles. The molecular formula is C22H27N7O2. The summed E-state index contributed by atoms with van der Waals surface area (Å²) < 4.78 is 5.86. The molecular weight excluding hydrogens is 394 g/mol. The fourth-order valence-corrected chi connectivity index (χ4v) is 3.61. The summed E-state index contributed by atoms with van der Waals surface area (Å²) in [5, 5.41) is 14.5. The normalized spacial score (nSPS) is 14.6. The van der Waals surface area contributed by atoms with Gasteiger partial charge in [-0.3, -0.25) is 9.78 Å². The molecule has 2 N–H and O–H groups in total. The molecule has 3 aromatic rings. The highest BCUT2D eigenvalue weighted by Gasteiger charge is 2.22. The summed E-state index contributed by atoms with van der Waals surface area (Å²) in [6.45, 7) is 4.29. The van der Waals surface area contributed by atoms with Crippen LogP contribution in [0.1, 0.15) is 31.7 Å². The standard InChI is InChI=1S/C22H27N7O2/c1-3-20(30)25-17-8-10-29(11-9-17)19-14-24-13-18(26-19)22-28-27-21(31-22)16-6-4-15(5-7-16)12-23-2/h4-7,13-14,17,23H,3,8-12H2,1-2H3,(H,25,30). The second-order valence-electron chi connectivity index (χ2n) is 7.58. The Morgan fingerprint density at radius 2 is 1.87 bits per heavy atom. The van der Waals surface area contributed by atoms with Crippen LogP contribution in [-0.4, -0.2) is 52.3 Å². The first kappa shape index (κ1) is 20.9. The molecule has 1 saturated heterocycles. The second-order valence-corrected chi connectivity index (χ2v) is 7.58. The minimum Gasteiger partial charge on any atom is -0.415 e. The van der Waals surface area contributed by atoms with Crippen molar-refractivity contribution in [2.24, 2.45) is 0 Å². The van der Waals surface area contributed by atoms with E-state index in [2.05, 4.69) is 35.7 Å². The molecule has 9 nitrogen and oxygen atoms in total. The number of nitrogens with zero attached hydrogens (tertiary/aromatic N) is 5. The minimum absolute atomic E-state index is 0.101. The van der Waals surface area contributed by atoms with Gasteiger partial charge < -0.3 is 20.0 Å². The Hall–Kier alpha value is -3.33. The highest BCUT2D eigenvalue weighted by molar-refractivity contribution is 5.75. The van der Waals surface area contributed by atoms with E-state index in [1.165, 1.54) is 5.56 Å². The topological polar surface area (TPSA) is 109 Å². The summed E-state index contributed by atoms with van der Waals surface area (Å²) in [6.07, 6.45) is 5.65. The lowest BCUT2D eigenvalue weighted by molar-refractivity contribution is -0.121. The Labute approximate surface area is 181 Å². The summed E-state index contributed by atoms with van der Waals surface area (Å²) in [7, 11) is 1.92. The van der Waals surface area contributed by atoms with Crippen molar-refractivity contribution in [2.75, 3.05) is 25.0 Å². The van der Waals surface area contributed by atoms with Crippen molar-refractivity contribution in [3.8, 4) is 23.0 Å². The van der Waals surface area contributed by atoms with Crippen LogP contribution in [0.4, 0.5) is 5.82 Å². The number of carbonyl (C=O) groups is 1. The number of piperidine rings is 1. The Morgan fingerprint density at radius 1 is 1.13 bits per heavy atom. The van der Waals surface area contributed by atoms with Crippen molar-refractivity contribution in [1.29, 1.82) is 0 Å². The lowest BCUT2D eigenvalue weighted by Gasteiger charge is -2.33. The summed E-state index contributed by atoms with van der Waals surface area (Å²) in [5.74, 6) is 1.66. The zero-order valence-corrected chi connectivity index (χ0v) is 17.8. The van der Waals surface area contributed by atoms with Crippen molar-refractivity contribution in [1.82, 2.24) is 30.8 Å². The average molecular weight is 422 g/mol. The Balaban J connectivity index is 1.44. The van der Waals surface area contributed by atoms with Gasteiger partial charge in [-0.25, -0.2) is 4.98 Å². The molecule has 1 amide bonds. The zero-order valence-electron chi connectivity index (χ0n) is 17.8. The third kappa shape index (κ3) is 5.05. The summed E-state index contributed by atoms with van der Waals surface area (Å²) in [4.78, 5) is 22.8. The van der Waals surface area contributed by atoms with E-state index in [4.69, 9.17) is 4.42 Å². The number of rotatable bonds is 7. The van der Waals surface area contributed by atoms with Crippen LogP contribution >= 0.6 is 0 Å². The lowest BCUT2D eigenvalue weighted by atomic mass is 10.0. The van der Waals surface area contributed by atoms with E-state index < -0.39 is 0 Å². The number of hydrogen-bond acceptors (Lipinski definition) is 8. The van der Waals surface area contributed by atoms with Gasteiger partial charge >= 0.3 is 0 Å². The smallest absolute Gasteiger partial charge is 0.268 e. The molecule has 4 rings (SSSR count). The highest BCUT2D eigenvalue weighted by Crippen LogP contribution is 2.25. The summed E-state index contributed by atoms with van der Waals surface area (Å²) >= 11 is 0. The first-order chi connectivity index (χ1) is 15.2. The van der Waals surface area contributed by atoms with Crippen molar-refractivity contribution in [2.45, 2.75) is 38.8 Å². The number of benzene rings is 1. The molecule has 2 aromatic heterocycles. The summed E-state index contributed by atoms with van der Waals surface area (Å²) in [5.41, 5.74) is 2.59. The predicted molar refractivity (Wildman–Crippen MR) is 117 cm³/mol. The molecule has 0 saturated carbocycles. The highest BCUT2D eigenvalue weighted by atomic mass is 16.4. The van der Waals surface area contributed by atoms with Gasteiger partial charge in [0, 0.05) is 37.7 Å². The van der Waals surface area contributed by atoms with Gasteiger partial charge in [0.1, 0.15) is 11.5 Å². The summed E-state index contributed by atoms with van der Waals surface area (Å²) in [6, 6.07) is 8.21. The van der Waals surface area contributed by atoms with Crippen molar-refractivity contribution in [3.05, 3.63) is 42.2 Å². The maximum absolute atomic E-state index is 11.6. The van der Waals surface area contributed by atoms with Gasteiger partial charge in [0.2, 0.25) is 11.8 Å². The molecule has 1 aliphatic rings. The van der Waals surface area contributed by atoms with Crippen LogP contribution in [0.2, 0.25) is 0 Å². The fourth-order valence-electron chi connectivity index (χ4n) is 3.61. The maximum atomic E-state index is 11.6. The van der Waals surface area contributed by atoms with Gasteiger partial charge in [-0.1, -0.05) is 19.1 Å². The molecule has 31 heavy (non-hydrogen) atoms. The number of aromatic nitrogens is 4. The van der Waals surface area contributed by atoms with Crippen LogP contribution in [-0.2, 0) is 11.3 Å². The maximum Gasteiger partial charge on any atom is 0.268 e. The van der Waals surface area contributed by atoms with Crippen LogP contribution < -0.4 is 15.5 Å². The third-order valence-corrected chi connectivity index (χ3v) is 5.35. The molecule has 0 bridgehead atoms. The van der Waals surface area contributed by atoms with Gasteiger partial charge in [0.25, 0.3) is 5.89 Å². The van der Waals surface area contributed by atoms with Crippen molar-refractivity contribution < 1.29 is 9.21 Å². The van der Waals surface area contributed by atoms with Gasteiger partial charge in [-0.2, -0.15) is 0 Å². The molecule has 0 atom stereocenters. The quantitative estimate of drug-likeness (QED) is 0.599. The fraction of sp³-hybridized carbons (Fsp3) is 0.409. The molecule has 1 fully saturated rings. The lowest BCUT2D eigenvalue weighted by Crippen LogP contribution is -2.44. The molecule has 0 unspecified atom stereocenters. The zero-order chi connectivity index (χ0) is 21.6. The monoisotopic (exact) mass is 421 g/mol. The molecule has 162 valence electrons. The van der Waals surface area contributed by atoms with Gasteiger partial charge in [-0.05, 0) is 37.6 Å². The number of carbonyl (C=O) groups excluding carboxylic acids is 1. The van der Waals surface area contributed by atoms with Crippen molar-refractivity contribution in [3.63, 3.8) is 0 Å². The Kier molecular flexibility index (Phi) is 6.51. The van der Waals surface area contributed by atoms with E-state index in [1.54, 1.807) is 12.4 Å². The number of anilines is 1. The molecule has 9 heteroatoms. The predicted octanol–water partition coefficient (Wildman–Crippen LogP) is 2.41.